The van der Waals surface area contributed by atoms with Gasteiger partial charge in [0.2, 0.25) is 5.91 Å². The topological polar surface area (TPSA) is 63.1 Å². The van der Waals surface area contributed by atoms with Gasteiger partial charge in [-0.1, -0.05) is 31.2 Å². The lowest BCUT2D eigenvalue weighted by Crippen LogP contribution is -2.44. The molecule has 6 nitrogen and oxygen atoms in total. The van der Waals surface area contributed by atoms with Crippen LogP contribution in [0.3, 0.4) is 0 Å². The predicted octanol–water partition coefficient (Wildman–Crippen LogP) is 2.47. The van der Waals surface area contributed by atoms with Gasteiger partial charge in [-0.15, -0.1) is 22.6 Å². The molecule has 1 aliphatic carbocycles. The maximum Gasteiger partial charge on any atom is 0.224 e. The average molecular weight is 392 g/mol. The van der Waals surface area contributed by atoms with Crippen LogP contribution in [0.1, 0.15) is 48.5 Å². The van der Waals surface area contributed by atoms with Gasteiger partial charge in [-0.2, -0.15) is 0 Å². The predicted molar refractivity (Wildman–Crippen MR) is 109 cm³/mol. The minimum absolute atomic E-state index is 0. The monoisotopic (exact) mass is 391 g/mol. The Labute approximate surface area is 167 Å². The summed E-state index contributed by atoms with van der Waals surface area (Å²) in [6, 6.07) is 8.54. The summed E-state index contributed by atoms with van der Waals surface area (Å²) >= 11 is 0. The molecule has 0 radical (unpaired) electrons. The summed E-state index contributed by atoms with van der Waals surface area (Å²) in [5, 5.41) is 11.8. The molecule has 27 heavy (non-hydrogen) atoms. The molecule has 1 fully saturated rings. The summed E-state index contributed by atoms with van der Waals surface area (Å²) in [4.78, 5) is 14.3. The third-order valence-corrected chi connectivity index (χ3v) is 5.12. The Morgan fingerprint density at radius 2 is 1.81 bits per heavy atom. The van der Waals surface area contributed by atoms with Crippen LogP contribution in [0, 0.1) is 0 Å². The Hall–Kier alpha value is -1.92. The van der Waals surface area contributed by atoms with Crippen molar-refractivity contribution in [3.8, 4) is 0 Å². The van der Waals surface area contributed by atoms with Crippen LogP contribution in [-0.2, 0) is 31.2 Å². The number of carbonyl (C=O) groups excluding carboxylic acids is 1. The molecule has 0 unspecified atom stereocenters. The largest absolute Gasteiger partial charge is 0.353 e. The first-order valence-electron chi connectivity index (χ1n) is 9.36. The highest BCUT2D eigenvalue weighted by atomic mass is 35.5. The molecule has 1 heterocycles. The fourth-order valence-corrected chi connectivity index (χ4v) is 3.45. The van der Waals surface area contributed by atoms with Gasteiger partial charge in [-0.25, -0.2) is 0 Å². The summed E-state index contributed by atoms with van der Waals surface area (Å²) in [6.45, 7) is 2.92. The lowest BCUT2D eigenvalue weighted by atomic mass is 9.79. The second kappa shape index (κ2) is 9.33. The number of nitrogens with zero attached hydrogens (tertiary/aromatic N) is 4. The summed E-state index contributed by atoms with van der Waals surface area (Å²) in [5.41, 5.74) is 2.37. The van der Waals surface area contributed by atoms with E-state index in [2.05, 4.69) is 44.0 Å². The van der Waals surface area contributed by atoms with Crippen LogP contribution in [0.4, 0.5) is 0 Å². The number of benzene rings is 1. The molecular weight excluding hydrogens is 362 g/mol. The first-order chi connectivity index (χ1) is 12.5. The molecule has 0 spiro atoms. The Morgan fingerprint density at radius 1 is 1.19 bits per heavy atom. The van der Waals surface area contributed by atoms with Crippen LogP contribution in [0.15, 0.2) is 24.3 Å². The molecule has 1 aromatic heterocycles. The van der Waals surface area contributed by atoms with Gasteiger partial charge in [0.25, 0.3) is 0 Å². The Kier molecular flexibility index (Phi) is 7.39. The zero-order chi connectivity index (χ0) is 18.7. The highest BCUT2D eigenvalue weighted by Gasteiger charge is 2.34. The number of carbonyl (C=O) groups is 1. The van der Waals surface area contributed by atoms with E-state index < -0.39 is 0 Å². The van der Waals surface area contributed by atoms with E-state index in [1.807, 2.05) is 33.3 Å². The van der Waals surface area contributed by atoms with Gasteiger partial charge in [0.1, 0.15) is 11.6 Å². The molecule has 1 aliphatic rings. The van der Waals surface area contributed by atoms with Gasteiger partial charge in [-0.3, -0.25) is 4.79 Å². The van der Waals surface area contributed by atoms with Crippen LogP contribution in [0.2, 0.25) is 0 Å². The van der Waals surface area contributed by atoms with Crippen LogP contribution >= 0.6 is 12.4 Å². The van der Waals surface area contributed by atoms with Crippen LogP contribution in [0.25, 0.3) is 0 Å². The van der Waals surface area contributed by atoms with Gasteiger partial charge in [-0.05, 0) is 44.5 Å². The third kappa shape index (κ3) is 5.30. The van der Waals surface area contributed by atoms with Crippen molar-refractivity contribution in [3.63, 3.8) is 0 Å². The van der Waals surface area contributed by atoms with Gasteiger partial charge in [0.15, 0.2) is 0 Å². The number of halogens is 1. The van der Waals surface area contributed by atoms with Gasteiger partial charge >= 0.3 is 0 Å². The summed E-state index contributed by atoms with van der Waals surface area (Å²) in [6.07, 6.45) is 3.35. The third-order valence-electron chi connectivity index (χ3n) is 5.12. The summed E-state index contributed by atoms with van der Waals surface area (Å²) in [5.74, 6) is 2.50. The van der Waals surface area contributed by atoms with Crippen LogP contribution < -0.4 is 5.32 Å². The van der Waals surface area contributed by atoms with Crippen molar-refractivity contribution in [3.05, 3.63) is 47.0 Å². The molecule has 0 atom stereocenters. The summed E-state index contributed by atoms with van der Waals surface area (Å²) < 4.78 is 2.10. The first-order valence-corrected chi connectivity index (χ1v) is 9.36. The molecule has 1 saturated carbocycles. The number of hydrogen-bond donors (Lipinski definition) is 1. The Balaban J connectivity index is 0.00000261. The number of rotatable bonds is 7. The van der Waals surface area contributed by atoms with Crippen molar-refractivity contribution in [2.75, 3.05) is 14.1 Å². The van der Waals surface area contributed by atoms with E-state index in [9.17, 15) is 4.79 Å². The van der Waals surface area contributed by atoms with Gasteiger partial charge in [0.05, 0.1) is 13.0 Å². The molecule has 0 aliphatic heterocycles. The number of nitrogens with one attached hydrogen (secondary N) is 1. The molecule has 1 aromatic carbocycles. The lowest BCUT2D eigenvalue weighted by molar-refractivity contribution is -0.121. The zero-order valence-corrected chi connectivity index (χ0v) is 17.4. The second-order valence-electron chi connectivity index (χ2n) is 7.55. The maximum atomic E-state index is 12.3. The highest BCUT2D eigenvalue weighted by molar-refractivity contribution is 5.85. The molecule has 7 heteroatoms. The average Bonchev–Trinajstić information content (AvgIpc) is 2.91. The van der Waals surface area contributed by atoms with E-state index in [1.54, 1.807) is 0 Å². The van der Waals surface area contributed by atoms with E-state index in [-0.39, 0.29) is 24.4 Å². The molecule has 1 N–H and O–H groups in total. The van der Waals surface area contributed by atoms with E-state index in [0.717, 1.165) is 43.0 Å². The van der Waals surface area contributed by atoms with E-state index in [1.165, 1.54) is 5.56 Å². The molecule has 0 saturated heterocycles. The van der Waals surface area contributed by atoms with Crippen molar-refractivity contribution >= 4 is 18.3 Å². The number of aryl methyl sites for hydroxylation is 1. The molecule has 2 aromatic rings. The van der Waals surface area contributed by atoms with Crippen molar-refractivity contribution in [1.29, 1.82) is 0 Å². The Bertz CT molecular complexity index is 750. The van der Waals surface area contributed by atoms with E-state index in [4.69, 9.17) is 0 Å². The zero-order valence-electron chi connectivity index (χ0n) is 16.6. The minimum Gasteiger partial charge on any atom is -0.353 e. The fourth-order valence-electron chi connectivity index (χ4n) is 3.45. The highest BCUT2D eigenvalue weighted by Crippen LogP contribution is 2.35. The smallest absolute Gasteiger partial charge is 0.224 e. The SMILES string of the molecule is CCc1ccc(CC(=O)NC2CC(c3nnc(CN(C)C)n3C)C2)cc1.Cl. The second-order valence-corrected chi connectivity index (χ2v) is 7.55. The van der Waals surface area contributed by atoms with Gasteiger partial charge in [0, 0.05) is 19.0 Å². The van der Waals surface area contributed by atoms with Crippen LogP contribution in [-0.4, -0.2) is 45.7 Å². The maximum absolute atomic E-state index is 12.3. The summed E-state index contributed by atoms with van der Waals surface area (Å²) in [7, 11) is 6.08. The molecule has 148 valence electrons. The molecular formula is C20H30ClN5O. The van der Waals surface area contributed by atoms with Crippen molar-refractivity contribution in [1.82, 2.24) is 25.0 Å². The van der Waals surface area contributed by atoms with Crippen molar-refractivity contribution in [2.45, 2.75) is 51.1 Å². The van der Waals surface area contributed by atoms with Crippen molar-refractivity contribution in [2.24, 2.45) is 7.05 Å². The molecule has 0 bridgehead atoms. The number of hydrogen-bond acceptors (Lipinski definition) is 4. The quantitative estimate of drug-likeness (QED) is 0.787. The van der Waals surface area contributed by atoms with Gasteiger partial charge < -0.3 is 14.8 Å². The number of aromatic nitrogens is 3. The standard InChI is InChI=1S/C20H29N5O.ClH/c1-5-14-6-8-15(9-7-14)10-19(26)21-17-11-16(12-17)20-23-22-18(25(20)4)13-24(2)3;/h6-9,16-17H,5,10-13H2,1-4H3,(H,21,26);1H. The normalized spacial score (nSPS) is 18.7. The van der Waals surface area contributed by atoms with E-state index in [0.29, 0.717) is 12.3 Å². The fraction of sp³-hybridized carbons (Fsp3) is 0.550. The lowest BCUT2D eigenvalue weighted by Gasteiger charge is -2.35. The van der Waals surface area contributed by atoms with Crippen molar-refractivity contribution < 1.29 is 4.79 Å². The number of amides is 1. The van der Waals surface area contributed by atoms with Crippen LogP contribution in [0.5, 0.6) is 0 Å². The Morgan fingerprint density at radius 3 is 2.41 bits per heavy atom. The van der Waals surface area contributed by atoms with E-state index >= 15 is 0 Å². The molecule has 1 amide bonds. The first kappa shape index (κ1) is 21.4. The minimum atomic E-state index is 0. The molecule has 3 rings (SSSR count).